The van der Waals surface area contributed by atoms with E-state index in [-0.39, 0.29) is 0 Å². The van der Waals surface area contributed by atoms with Crippen molar-refractivity contribution in [1.82, 2.24) is 10.6 Å². The number of imide groups is 1. The highest BCUT2D eigenvalue weighted by atomic mass is 32.2. The monoisotopic (exact) mass is 191 g/mol. The molecule has 7 heteroatoms. The molecule has 0 radical (unpaired) electrons. The minimum Gasteiger partial charge on any atom is -0.772 e. The Hall–Kier alpha value is -0.950. The van der Waals surface area contributed by atoms with E-state index >= 15 is 0 Å². The predicted molar refractivity (Wildman–Crippen MR) is 38.9 cm³/mol. The second-order valence-electron chi connectivity index (χ2n) is 2.69. The fraction of sp³-hybridized carbons (Fsp3) is 0.600. The Morgan fingerprint density at radius 2 is 2.17 bits per heavy atom. The number of amides is 3. The molecule has 0 aromatic rings. The Labute approximate surface area is 71.0 Å². The molecule has 6 nitrogen and oxygen atoms in total. The highest BCUT2D eigenvalue weighted by Gasteiger charge is 2.41. The van der Waals surface area contributed by atoms with Crippen LogP contribution in [-0.4, -0.2) is 32.0 Å². The Bertz CT molecular complexity index is 266. The third-order valence-electron chi connectivity index (χ3n) is 1.52. The van der Waals surface area contributed by atoms with Gasteiger partial charge in [0.05, 0.1) is 0 Å². The van der Waals surface area contributed by atoms with Gasteiger partial charge in [-0.25, -0.2) is 4.79 Å². The molecule has 1 fully saturated rings. The summed E-state index contributed by atoms with van der Waals surface area (Å²) in [6.45, 7) is 1.35. The van der Waals surface area contributed by atoms with Gasteiger partial charge in [0, 0.05) is 5.75 Å². The van der Waals surface area contributed by atoms with Gasteiger partial charge in [-0.15, -0.1) is 0 Å². The maximum absolute atomic E-state index is 11.0. The summed E-state index contributed by atoms with van der Waals surface area (Å²) in [6, 6.07) is -0.659. The van der Waals surface area contributed by atoms with Crippen molar-refractivity contribution in [2.24, 2.45) is 0 Å². The van der Waals surface area contributed by atoms with Crippen LogP contribution in [0.3, 0.4) is 0 Å². The normalized spacial score (nSPS) is 31.2. The second-order valence-corrected chi connectivity index (χ2v) is 3.58. The van der Waals surface area contributed by atoms with Gasteiger partial charge in [-0.05, 0) is 6.92 Å². The molecule has 0 bridgehead atoms. The van der Waals surface area contributed by atoms with Crippen molar-refractivity contribution in [3.8, 4) is 0 Å². The van der Waals surface area contributed by atoms with Crippen molar-refractivity contribution < 1.29 is 18.4 Å². The van der Waals surface area contributed by atoms with Crippen molar-refractivity contribution >= 4 is 23.0 Å². The molecule has 1 heterocycles. The van der Waals surface area contributed by atoms with E-state index in [1.807, 2.05) is 5.32 Å². The highest BCUT2D eigenvalue weighted by molar-refractivity contribution is 7.79. The fourth-order valence-corrected chi connectivity index (χ4v) is 1.59. The fourth-order valence-electron chi connectivity index (χ4n) is 0.917. The molecular formula is C5H7N2O4S-. The first-order valence-electron chi connectivity index (χ1n) is 3.13. The standard InChI is InChI=1S/C5H8N2O4S/c1-5(2-12(10)11)3(8)6-4(9)7-5/h2H2,1H3,(H,10,11)(H2,6,7,8,9)/p-1/t5-/m1/s1. The molecule has 1 unspecified atom stereocenters. The molecule has 0 aromatic heterocycles. The van der Waals surface area contributed by atoms with Crippen molar-refractivity contribution in [2.45, 2.75) is 12.5 Å². The Kier molecular flexibility index (Phi) is 2.16. The van der Waals surface area contributed by atoms with E-state index in [4.69, 9.17) is 0 Å². The zero-order valence-corrected chi connectivity index (χ0v) is 7.06. The van der Waals surface area contributed by atoms with Crippen LogP contribution < -0.4 is 10.6 Å². The topological polar surface area (TPSA) is 98.3 Å². The van der Waals surface area contributed by atoms with Gasteiger partial charge < -0.3 is 9.87 Å². The summed E-state index contributed by atoms with van der Waals surface area (Å²) in [6.07, 6.45) is 0. The van der Waals surface area contributed by atoms with E-state index in [0.717, 1.165) is 0 Å². The van der Waals surface area contributed by atoms with Crippen LogP contribution in [0, 0.1) is 0 Å². The first kappa shape index (κ1) is 9.14. The highest BCUT2D eigenvalue weighted by Crippen LogP contribution is 2.10. The Balaban J connectivity index is 2.77. The number of urea groups is 1. The number of rotatable bonds is 2. The van der Waals surface area contributed by atoms with Crippen molar-refractivity contribution in [3.05, 3.63) is 0 Å². The molecule has 0 aromatic carbocycles. The van der Waals surface area contributed by atoms with E-state index in [1.54, 1.807) is 0 Å². The summed E-state index contributed by atoms with van der Waals surface area (Å²) in [5.41, 5.74) is -1.32. The molecule has 0 spiro atoms. The van der Waals surface area contributed by atoms with E-state index < -0.39 is 34.3 Å². The van der Waals surface area contributed by atoms with Crippen LogP contribution in [0.25, 0.3) is 0 Å². The SMILES string of the molecule is C[C@]1(CS(=O)[O-])NC(=O)NC1=O. The third-order valence-corrected chi connectivity index (χ3v) is 2.34. The molecule has 12 heavy (non-hydrogen) atoms. The number of nitrogens with one attached hydrogen (secondary N) is 2. The lowest BCUT2D eigenvalue weighted by atomic mass is 10.1. The molecule has 1 rings (SSSR count). The lowest BCUT2D eigenvalue weighted by Crippen LogP contribution is -2.48. The average molecular weight is 191 g/mol. The maximum atomic E-state index is 11.0. The van der Waals surface area contributed by atoms with Crippen molar-refractivity contribution in [2.75, 3.05) is 5.75 Å². The largest absolute Gasteiger partial charge is 0.772 e. The van der Waals surface area contributed by atoms with Crippen LogP contribution in [0.2, 0.25) is 0 Å². The molecule has 3 amide bonds. The minimum absolute atomic E-state index is 0.412. The number of carbonyl (C=O) groups is 2. The van der Waals surface area contributed by atoms with Gasteiger partial charge in [0.25, 0.3) is 5.91 Å². The van der Waals surface area contributed by atoms with Gasteiger partial charge in [0.1, 0.15) is 5.54 Å². The van der Waals surface area contributed by atoms with E-state index in [2.05, 4.69) is 5.32 Å². The summed E-state index contributed by atoms with van der Waals surface area (Å²) >= 11 is -2.36. The molecule has 68 valence electrons. The smallest absolute Gasteiger partial charge is 0.322 e. The van der Waals surface area contributed by atoms with Crippen molar-refractivity contribution in [1.29, 1.82) is 0 Å². The van der Waals surface area contributed by atoms with Crippen LogP contribution in [0.15, 0.2) is 0 Å². The number of hydrogen-bond acceptors (Lipinski definition) is 4. The lowest BCUT2D eigenvalue weighted by Gasteiger charge is -2.21. The van der Waals surface area contributed by atoms with Crippen molar-refractivity contribution in [3.63, 3.8) is 0 Å². The van der Waals surface area contributed by atoms with Gasteiger partial charge in [0.2, 0.25) is 0 Å². The average Bonchev–Trinajstić information content (AvgIpc) is 2.04. The summed E-state index contributed by atoms with van der Waals surface area (Å²) < 4.78 is 20.6. The van der Waals surface area contributed by atoms with Gasteiger partial charge in [0.15, 0.2) is 0 Å². The molecule has 2 N–H and O–H groups in total. The van der Waals surface area contributed by atoms with Gasteiger partial charge in [-0.3, -0.25) is 14.3 Å². The zero-order valence-electron chi connectivity index (χ0n) is 6.25. The van der Waals surface area contributed by atoms with Crippen LogP contribution in [0.1, 0.15) is 6.92 Å². The molecular weight excluding hydrogens is 184 g/mol. The Morgan fingerprint density at radius 1 is 1.58 bits per heavy atom. The van der Waals surface area contributed by atoms with Gasteiger partial charge >= 0.3 is 6.03 Å². The first-order chi connectivity index (χ1) is 5.44. The molecule has 0 saturated carbocycles. The van der Waals surface area contributed by atoms with Gasteiger partial charge in [-0.1, -0.05) is 11.1 Å². The quantitative estimate of drug-likeness (QED) is 0.408. The second kappa shape index (κ2) is 2.83. The number of carbonyl (C=O) groups excluding carboxylic acids is 2. The van der Waals surface area contributed by atoms with E-state index in [0.29, 0.717) is 0 Å². The first-order valence-corrected chi connectivity index (χ1v) is 4.38. The number of hydrogen-bond donors (Lipinski definition) is 2. The van der Waals surface area contributed by atoms with E-state index in [9.17, 15) is 18.4 Å². The van der Waals surface area contributed by atoms with Crippen LogP contribution in [0.4, 0.5) is 4.79 Å². The minimum atomic E-state index is -2.36. The summed E-state index contributed by atoms with van der Waals surface area (Å²) in [7, 11) is 0. The lowest BCUT2D eigenvalue weighted by molar-refractivity contribution is -0.122. The third kappa shape index (κ3) is 1.62. The van der Waals surface area contributed by atoms with Crippen LogP contribution in [-0.2, 0) is 15.9 Å². The molecule has 1 aliphatic rings. The maximum Gasteiger partial charge on any atom is 0.322 e. The zero-order chi connectivity index (χ0) is 9.35. The van der Waals surface area contributed by atoms with Crippen LogP contribution in [0.5, 0.6) is 0 Å². The molecule has 2 atom stereocenters. The van der Waals surface area contributed by atoms with Crippen LogP contribution >= 0.6 is 0 Å². The summed E-state index contributed by atoms with van der Waals surface area (Å²) in [5.74, 6) is -1.03. The molecule has 0 aliphatic carbocycles. The Morgan fingerprint density at radius 3 is 2.50 bits per heavy atom. The van der Waals surface area contributed by atoms with Gasteiger partial charge in [-0.2, -0.15) is 0 Å². The summed E-state index contributed by atoms with van der Waals surface area (Å²) in [4.78, 5) is 21.6. The molecule has 1 saturated heterocycles. The molecule has 1 aliphatic heterocycles. The summed E-state index contributed by atoms with van der Waals surface area (Å²) in [5, 5.41) is 4.17. The predicted octanol–water partition coefficient (Wildman–Crippen LogP) is -1.54. The van der Waals surface area contributed by atoms with E-state index in [1.165, 1.54) is 6.92 Å².